The van der Waals surface area contributed by atoms with Gasteiger partial charge in [-0.05, 0) is 31.0 Å². The highest BCUT2D eigenvalue weighted by Crippen LogP contribution is 2.24. The number of sulfonamides is 1. The van der Waals surface area contributed by atoms with Gasteiger partial charge < -0.3 is 11.1 Å². The number of hydrogen-bond donors (Lipinski definition) is 3. The Kier molecular flexibility index (Phi) is 7.20. The van der Waals surface area contributed by atoms with Crippen LogP contribution in [0.3, 0.4) is 0 Å². The average molecular weight is 353 g/mol. The van der Waals surface area contributed by atoms with Gasteiger partial charge in [0.15, 0.2) is 0 Å². The molecule has 6 nitrogen and oxygen atoms in total. The molecule has 0 unspecified atom stereocenters. The van der Waals surface area contributed by atoms with Crippen molar-refractivity contribution in [1.29, 1.82) is 0 Å². The Hall–Kier alpha value is -1.44. The number of carbonyl (C=O) groups is 1. The normalized spacial score (nSPS) is 17.0. The predicted molar refractivity (Wildman–Crippen MR) is 95.1 cm³/mol. The SMILES string of the molecule is NCCNS(=O)(=O)c1cccc(NC(=O)C2CCCCCCC2)c1. The van der Waals surface area contributed by atoms with Crippen molar-refractivity contribution in [3.8, 4) is 0 Å². The molecule has 1 saturated carbocycles. The molecular weight excluding hydrogens is 326 g/mol. The van der Waals surface area contributed by atoms with E-state index < -0.39 is 10.0 Å². The lowest BCUT2D eigenvalue weighted by Gasteiger charge is -2.19. The zero-order chi connectivity index (χ0) is 17.4. The van der Waals surface area contributed by atoms with Crippen LogP contribution in [0.25, 0.3) is 0 Å². The van der Waals surface area contributed by atoms with Crippen LogP contribution in [-0.4, -0.2) is 27.4 Å². The van der Waals surface area contributed by atoms with Crippen LogP contribution in [0.4, 0.5) is 5.69 Å². The molecule has 0 spiro atoms. The molecule has 7 heteroatoms. The summed E-state index contributed by atoms with van der Waals surface area (Å²) in [5, 5.41) is 2.87. The Morgan fingerprint density at radius 1 is 1.12 bits per heavy atom. The monoisotopic (exact) mass is 353 g/mol. The highest BCUT2D eigenvalue weighted by Gasteiger charge is 2.20. The molecule has 0 atom stereocenters. The molecule has 1 aromatic carbocycles. The average Bonchev–Trinajstić information content (AvgIpc) is 2.53. The van der Waals surface area contributed by atoms with Crippen LogP contribution in [0.2, 0.25) is 0 Å². The van der Waals surface area contributed by atoms with E-state index in [1.807, 2.05) is 0 Å². The number of rotatable bonds is 6. The van der Waals surface area contributed by atoms with Gasteiger partial charge in [-0.1, -0.05) is 38.2 Å². The van der Waals surface area contributed by atoms with Crippen LogP contribution >= 0.6 is 0 Å². The molecule has 2 rings (SSSR count). The van der Waals surface area contributed by atoms with Gasteiger partial charge in [-0.15, -0.1) is 0 Å². The Bertz CT molecular complexity index is 638. The third kappa shape index (κ3) is 5.58. The summed E-state index contributed by atoms with van der Waals surface area (Å²) in [6.07, 6.45) is 7.59. The first-order valence-electron chi connectivity index (χ1n) is 8.63. The number of nitrogens with two attached hydrogens (primary N) is 1. The Labute approximate surface area is 144 Å². The number of carbonyl (C=O) groups excluding carboxylic acids is 1. The number of amides is 1. The summed E-state index contributed by atoms with van der Waals surface area (Å²) in [6.45, 7) is 0.415. The lowest BCUT2D eigenvalue weighted by Crippen LogP contribution is -2.29. The van der Waals surface area contributed by atoms with Crippen LogP contribution in [0.1, 0.15) is 44.9 Å². The van der Waals surface area contributed by atoms with E-state index in [0.29, 0.717) is 5.69 Å². The predicted octanol–water partition coefficient (Wildman–Crippen LogP) is 2.22. The van der Waals surface area contributed by atoms with Gasteiger partial charge in [0.1, 0.15) is 0 Å². The van der Waals surface area contributed by atoms with E-state index >= 15 is 0 Å². The summed E-state index contributed by atoms with van der Waals surface area (Å²) in [5.74, 6) is 0.00212. The van der Waals surface area contributed by atoms with E-state index in [0.717, 1.165) is 25.7 Å². The molecule has 24 heavy (non-hydrogen) atoms. The van der Waals surface area contributed by atoms with E-state index in [-0.39, 0.29) is 29.8 Å². The zero-order valence-corrected chi connectivity index (χ0v) is 14.8. The fourth-order valence-electron chi connectivity index (χ4n) is 2.98. The molecular formula is C17H27N3O3S. The number of nitrogens with one attached hydrogen (secondary N) is 2. The second-order valence-corrected chi connectivity index (χ2v) is 8.01. The Morgan fingerprint density at radius 3 is 2.46 bits per heavy atom. The van der Waals surface area contributed by atoms with Crippen LogP contribution in [-0.2, 0) is 14.8 Å². The minimum atomic E-state index is -3.60. The Balaban J connectivity index is 2.04. The molecule has 4 N–H and O–H groups in total. The first-order chi connectivity index (χ1) is 11.5. The van der Waals surface area contributed by atoms with E-state index in [1.165, 1.54) is 31.4 Å². The second-order valence-electron chi connectivity index (χ2n) is 6.25. The van der Waals surface area contributed by atoms with Crippen LogP contribution in [0.15, 0.2) is 29.2 Å². The molecule has 1 aliphatic rings. The third-order valence-corrected chi connectivity index (χ3v) is 5.78. The van der Waals surface area contributed by atoms with Crippen molar-refractivity contribution in [3.05, 3.63) is 24.3 Å². The van der Waals surface area contributed by atoms with E-state index in [1.54, 1.807) is 12.1 Å². The molecule has 1 aromatic rings. The van der Waals surface area contributed by atoms with Crippen molar-refractivity contribution in [2.24, 2.45) is 11.7 Å². The molecule has 1 aliphatic carbocycles. The van der Waals surface area contributed by atoms with Crippen molar-refractivity contribution in [3.63, 3.8) is 0 Å². The van der Waals surface area contributed by atoms with Gasteiger partial charge in [-0.3, -0.25) is 4.79 Å². The molecule has 0 heterocycles. The lowest BCUT2D eigenvalue weighted by atomic mass is 9.90. The van der Waals surface area contributed by atoms with Gasteiger partial charge in [0.2, 0.25) is 15.9 Å². The number of benzene rings is 1. The summed E-state index contributed by atoms with van der Waals surface area (Å²) < 4.78 is 26.7. The fourth-order valence-corrected chi connectivity index (χ4v) is 4.07. The van der Waals surface area contributed by atoms with Crippen molar-refractivity contribution in [2.45, 2.75) is 49.8 Å². The van der Waals surface area contributed by atoms with Gasteiger partial charge in [-0.25, -0.2) is 13.1 Å². The summed E-state index contributed by atoms with van der Waals surface area (Å²) in [5.41, 5.74) is 5.84. The molecule has 0 aliphatic heterocycles. The summed E-state index contributed by atoms with van der Waals surface area (Å²) in [7, 11) is -3.60. The van der Waals surface area contributed by atoms with Crippen LogP contribution in [0.5, 0.6) is 0 Å². The van der Waals surface area contributed by atoms with Gasteiger partial charge >= 0.3 is 0 Å². The maximum atomic E-state index is 12.5. The van der Waals surface area contributed by atoms with Crippen molar-refractivity contribution >= 4 is 21.6 Å². The van der Waals surface area contributed by atoms with Gasteiger partial charge in [0.05, 0.1) is 4.90 Å². The fraction of sp³-hybridized carbons (Fsp3) is 0.588. The zero-order valence-electron chi connectivity index (χ0n) is 14.0. The van der Waals surface area contributed by atoms with Crippen molar-refractivity contribution in [2.75, 3.05) is 18.4 Å². The number of hydrogen-bond acceptors (Lipinski definition) is 4. The maximum absolute atomic E-state index is 12.5. The second kappa shape index (κ2) is 9.15. The maximum Gasteiger partial charge on any atom is 0.240 e. The molecule has 1 fully saturated rings. The summed E-state index contributed by atoms with van der Waals surface area (Å²) >= 11 is 0. The molecule has 0 bridgehead atoms. The highest BCUT2D eigenvalue weighted by molar-refractivity contribution is 7.89. The van der Waals surface area contributed by atoms with Crippen LogP contribution < -0.4 is 15.8 Å². The first kappa shape index (κ1) is 18.9. The summed E-state index contributed by atoms with van der Waals surface area (Å²) in [6, 6.07) is 6.33. The third-order valence-electron chi connectivity index (χ3n) is 4.32. The summed E-state index contributed by atoms with van der Waals surface area (Å²) in [4.78, 5) is 12.6. The quantitative estimate of drug-likeness (QED) is 0.730. The highest BCUT2D eigenvalue weighted by atomic mass is 32.2. The van der Waals surface area contributed by atoms with Crippen LogP contribution in [0, 0.1) is 5.92 Å². The largest absolute Gasteiger partial charge is 0.329 e. The van der Waals surface area contributed by atoms with Gasteiger partial charge in [0, 0.05) is 24.7 Å². The first-order valence-corrected chi connectivity index (χ1v) is 10.1. The van der Waals surface area contributed by atoms with E-state index in [9.17, 15) is 13.2 Å². The smallest absolute Gasteiger partial charge is 0.240 e. The van der Waals surface area contributed by atoms with E-state index in [2.05, 4.69) is 10.0 Å². The molecule has 1 amide bonds. The minimum absolute atomic E-state index is 0.0126. The molecule has 0 radical (unpaired) electrons. The molecule has 0 aromatic heterocycles. The van der Waals surface area contributed by atoms with Crippen molar-refractivity contribution in [1.82, 2.24) is 4.72 Å². The van der Waals surface area contributed by atoms with Gasteiger partial charge in [0.25, 0.3) is 0 Å². The lowest BCUT2D eigenvalue weighted by molar-refractivity contribution is -0.120. The molecule has 134 valence electrons. The van der Waals surface area contributed by atoms with Gasteiger partial charge in [-0.2, -0.15) is 0 Å². The standard InChI is InChI=1S/C17H27N3O3S/c18-11-12-19-24(22,23)16-10-6-9-15(13-16)20-17(21)14-7-4-2-1-3-5-8-14/h6,9-10,13-14,19H,1-5,7-8,11-12,18H2,(H,20,21). The van der Waals surface area contributed by atoms with Crippen molar-refractivity contribution < 1.29 is 13.2 Å². The van der Waals surface area contributed by atoms with E-state index in [4.69, 9.17) is 5.73 Å². The molecule has 0 saturated heterocycles. The Morgan fingerprint density at radius 2 is 1.79 bits per heavy atom. The topological polar surface area (TPSA) is 101 Å². The number of anilines is 1. The minimum Gasteiger partial charge on any atom is -0.329 e.